The minimum atomic E-state index is 0.0358. The number of carbonyl (C=O) groups excluding carboxylic acids is 2. The lowest BCUT2D eigenvalue weighted by atomic mass is 9.88. The van der Waals surface area contributed by atoms with E-state index in [0.717, 1.165) is 24.7 Å². The van der Waals surface area contributed by atoms with Gasteiger partial charge in [0, 0.05) is 5.92 Å². The van der Waals surface area contributed by atoms with E-state index >= 15 is 0 Å². The highest BCUT2D eigenvalue weighted by Gasteiger charge is 2.34. The van der Waals surface area contributed by atoms with Gasteiger partial charge in [-0.05, 0) is 24.3 Å². The summed E-state index contributed by atoms with van der Waals surface area (Å²) in [5.41, 5.74) is 0.838. The fraction of sp³-hybridized carbons (Fsp3) is 0.600. The molecule has 0 aromatic heterocycles. The van der Waals surface area contributed by atoms with Crippen molar-refractivity contribution in [3.63, 3.8) is 0 Å². The third kappa shape index (κ3) is 1.56. The lowest BCUT2D eigenvalue weighted by molar-refractivity contribution is -0.121. The van der Waals surface area contributed by atoms with E-state index < -0.39 is 0 Å². The van der Waals surface area contributed by atoms with E-state index in [1.165, 1.54) is 0 Å². The quantitative estimate of drug-likeness (QED) is 0.588. The Kier molecular flexibility index (Phi) is 2.27. The molecule has 3 nitrogen and oxygen atoms in total. The van der Waals surface area contributed by atoms with Gasteiger partial charge in [0.2, 0.25) is 0 Å². The van der Waals surface area contributed by atoms with Crippen LogP contribution in [0.1, 0.15) is 12.8 Å². The van der Waals surface area contributed by atoms with Gasteiger partial charge in [0.1, 0.15) is 12.9 Å². The van der Waals surface area contributed by atoms with Crippen LogP contribution in [0.4, 0.5) is 0 Å². The van der Waals surface area contributed by atoms with Crippen LogP contribution in [0.3, 0.4) is 0 Å². The van der Waals surface area contributed by atoms with Gasteiger partial charge in [-0.25, -0.2) is 0 Å². The summed E-state index contributed by atoms with van der Waals surface area (Å²) in [4.78, 5) is 21.8. The average Bonchev–Trinajstić information content (AvgIpc) is 2.71. The average molecular weight is 180 g/mol. The van der Waals surface area contributed by atoms with E-state index in [9.17, 15) is 9.59 Å². The standard InChI is InChI=1S/C10H12O3/c11-4-7-1-2-8(3-7)9-5-13-6-10(9)12/h1,4,8-9H,2-3,5-6H2/t8-,9?/m1/s1. The number of carbonyl (C=O) groups is 2. The van der Waals surface area contributed by atoms with Crippen molar-refractivity contribution in [2.45, 2.75) is 12.8 Å². The summed E-state index contributed by atoms with van der Waals surface area (Å²) in [6.07, 6.45) is 4.43. The molecule has 1 heterocycles. The number of rotatable bonds is 2. The summed E-state index contributed by atoms with van der Waals surface area (Å²) in [7, 11) is 0. The number of Topliss-reactive ketones (excluding diaryl/α,β-unsaturated/α-hetero) is 1. The Hall–Kier alpha value is -0.960. The molecule has 0 aromatic rings. The second-order valence-electron chi connectivity index (χ2n) is 3.68. The predicted molar refractivity (Wildman–Crippen MR) is 46.2 cm³/mol. The number of ether oxygens (including phenoxy) is 1. The molecule has 70 valence electrons. The Labute approximate surface area is 76.8 Å². The molecule has 13 heavy (non-hydrogen) atoms. The summed E-state index contributed by atoms with van der Waals surface area (Å²) in [6, 6.07) is 0. The summed E-state index contributed by atoms with van der Waals surface area (Å²) in [5, 5.41) is 0. The van der Waals surface area contributed by atoms with Crippen molar-refractivity contribution in [1.29, 1.82) is 0 Å². The van der Waals surface area contributed by atoms with Crippen molar-refractivity contribution < 1.29 is 14.3 Å². The second-order valence-corrected chi connectivity index (χ2v) is 3.68. The third-order valence-electron chi connectivity index (χ3n) is 2.86. The number of hydrogen-bond donors (Lipinski definition) is 0. The molecule has 2 aliphatic rings. The van der Waals surface area contributed by atoms with Gasteiger partial charge < -0.3 is 4.74 Å². The zero-order valence-electron chi connectivity index (χ0n) is 7.36. The van der Waals surface area contributed by atoms with Gasteiger partial charge in [-0.15, -0.1) is 0 Å². The number of ketones is 1. The van der Waals surface area contributed by atoms with Crippen molar-refractivity contribution in [2.24, 2.45) is 11.8 Å². The zero-order valence-corrected chi connectivity index (χ0v) is 7.36. The Balaban J connectivity index is 1.97. The monoisotopic (exact) mass is 180 g/mol. The van der Waals surface area contributed by atoms with Crippen molar-refractivity contribution >= 4 is 12.1 Å². The lowest BCUT2D eigenvalue weighted by Gasteiger charge is -2.14. The van der Waals surface area contributed by atoms with Crippen LogP contribution in [0.25, 0.3) is 0 Å². The van der Waals surface area contributed by atoms with Gasteiger partial charge in [-0.1, -0.05) is 6.08 Å². The molecule has 1 aliphatic carbocycles. The molecule has 1 aliphatic heterocycles. The third-order valence-corrected chi connectivity index (χ3v) is 2.86. The zero-order chi connectivity index (χ0) is 9.26. The molecule has 0 saturated carbocycles. The van der Waals surface area contributed by atoms with Crippen LogP contribution in [0, 0.1) is 11.8 Å². The molecule has 1 unspecified atom stereocenters. The van der Waals surface area contributed by atoms with Crippen LogP contribution in [0.15, 0.2) is 11.6 Å². The summed E-state index contributed by atoms with van der Waals surface area (Å²) >= 11 is 0. The van der Waals surface area contributed by atoms with E-state index in [0.29, 0.717) is 12.5 Å². The molecule has 0 aromatic carbocycles. The van der Waals surface area contributed by atoms with E-state index in [4.69, 9.17) is 4.74 Å². The SMILES string of the molecule is O=CC1=CC[C@@H](C2COCC2=O)C1. The highest BCUT2D eigenvalue weighted by molar-refractivity contribution is 5.84. The van der Waals surface area contributed by atoms with Gasteiger partial charge in [0.15, 0.2) is 5.78 Å². The van der Waals surface area contributed by atoms with E-state index in [1.807, 2.05) is 6.08 Å². The fourth-order valence-corrected chi connectivity index (χ4v) is 2.06. The van der Waals surface area contributed by atoms with Crippen molar-refractivity contribution in [2.75, 3.05) is 13.2 Å². The molecule has 2 rings (SSSR count). The first-order valence-corrected chi connectivity index (χ1v) is 4.56. The Bertz CT molecular complexity index is 267. The molecule has 2 atom stereocenters. The van der Waals surface area contributed by atoms with Crippen LogP contribution < -0.4 is 0 Å². The summed E-state index contributed by atoms with van der Waals surface area (Å²) < 4.78 is 5.09. The molecule has 1 fully saturated rings. The number of allylic oxidation sites excluding steroid dienone is 2. The highest BCUT2D eigenvalue weighted by atomic mass is 16.5. The van der Waals surface area contributed by atoms with E-state index in [1.54, 1.807) is 0 Å². The molecule has 0 spiro atoms. The van der Waals surface area contributed by atoms with Crippen LogP contribution in [0.2, 0.25) is 0 Å². The topological polar surface area (TPSA) is 43.4 Å². The van der Waals surface area contributed by atoms with E-state index in [2.05, 4.69) is 0 Å². The summed E-state index contributed by atoms with van der Waals surface area (Å²) in [6.45, 7) is 0.807. The predicted octanol–water partition coefficient (Wildman–Crippen LogP) is 0.737. The molecule has 3 heteroatoms. The Morgan fingerprint density at radius 3 is 2.92 bits per heavy atom. The Morgan fingerprint density at radius 1 is 1.54 bits per heavy atom. The van der Waals surface area contributed by atoms with E-state index in [-0.39, 0.29) is 18.3 Å². The molecule has 0 radical (unpaired) electrons. The number of hydrogen-bond acceptors (Lipinski definition) is 3. The first kappa shape index (κ1) is 8.63. The van der Waals surface area contributed by atoms with Crippen molar-refractivity contribution in [3.05, 3.63) is 11.6 Å². The largest absolute Gasteiger partial charge is 0.373 e. The molecule has 0 bridgehead atoms. The van der Waals surface area contributed by atoms with Gasteiger partial charge in [-0.3, -0.25) is 9.59 Å². The maximum absolute atomic E-state index is 11.3. The minimum Gasteiger partial charge on any atom is -0.373 e. The molecular formula is C10H12O3. The number of aldehydes is 1. The van der Waals surface area contributed by atoms with Crippen LogP contribution >= 0.6 is 0 Å². The lowest BCUT2D eigenvalue weighted by Crippen LogP contribution is -2.20. The van der Waals surface area contributed by atoms with Crippen LogP contribution in [-0.4, -0.2) is 25.3 Å². The molecule has 0 amide bonds. The first-order valence-electron chi connectivity index (χ1n) is 4.56. The van der Waals surface area contributed by atoms with Gasteiger partial charge in [-0.2, -0.15) is 0 Å². The molecule has 1 saturated heterocycles. The Morgan fingerprint density at radius 2 is 2.38 bits per heavy atom. The van der Waals surface area contributed by atoms with Crippen molar-refractivity contribution in [3.8, 4) is 0 Å². The normalized spacial score (nSPS) is 33.5. The molecule has 0 N–H and O–H groups in total. The van der Waals surface area contributed by atoms with Gasteiger partial charge in [0.25, 0.3) is 0 Å². The second kappa shape index (κ2) is 3.42. The highest BCUT2D eigenvalue weighted by Crippen LogP contribution is 2.32. The fourth-order valence-electron chi connectivity index (χ4n) is 2.06. The maximum atomic E-state index is 11.3. The van der Waals surface area contributed by atoms with Crippen LogP contribution in [-0.2, 0) is 14.3 Å². The van der Waals surface area contributed by atoms with Gasteiger partial charge in [0.05, 0.1) is 6.61 Å². The first-order chi connectivity index (χ1) is 6.31. The molecular weight excluding hydrogens is 168 g/mol. The van der Waals surface area contributed by atoms with Crippen molar-refractivity contribution in [1.82, 2.24) is 0 Å². The maximum Gasteiger partial charge on any atom is 0.164 e. The van der Waals surface area contributed by atoms with Gasteiger partial charge >= 0.3 is 0 Å². The minimum absolute atomic E-state index is 0.0358. The summed E-state index contributed by atoms with van der Waals surface area (Å²) in [5.74, 6) is 0.550. The van der Waals surface area contributed by atoms with Crippen LogP contribution in [0.5, 0.6) is 0 Å². The smallest absolute Gasteiger partial charge is 0.164 e.